The van der Waals surface area contributed by atoms with E-state index in [-0.39, 0.29) is 18.3 Å². The number of rotatable bonds is 4. The summed E-state index contributed by atoms with van der Waals surface area (Å²) in [6.45, 7) is 4.78. The average Bonchev–Trinajstić information content (AvgIpc) is 3.10. The summed E-state index contributed by atoms with van der Waals surface area (Å²) in [5.74, 6) is 0.433. The quantitative estimate of drug-likeness (QED) is 0.719. The van der Waals surface area contributed by atoms with Gasteiger partial charge in [-0.25, -0.2) is 9.97 Å². The molecule has 0 unspecified atom stereocenters. The fraction of sp³-hybridized carbons (Fsp3) is 0.263. The van der Waals surface area contributed by atoms with Crippen LogP contribution in [0.5, 0.6) is 0 Å². The molecule has 8 heteroatoms. The van der Waals surface area contributed by atoms with Crippen molar-refractivity contribution in [3.8, 4) is 11.3 Å². The second-order valence-electron chi connectivity index (χ2n) is 6.26. The van der Waals surface area contributed by atoms with Crippen molar-refractivity contribution in [3.05, 3.63) is 65.4 Å². The number of hydrogen-bond donors (Lipinski definition) is 2. The molecule has 7 nitrogen and oxygen atoms in total. The molecule has 0 saturated carbocycles. The zero-order valence-corrected chi connectivity index (χ0v) is 15.8. The third kappa shape index (κ3) is 4.15. The van der Waals surface area contributed by atoms with Gasteiger partial charge in [0.25, 0.3) is 5.91 Å². The van der Waals surface area contributed by atoms with Crippen molar-refractivity contribution in [2.45, 2.75) is 26.6 Å². The molecule has 3 heterocycles. The summed E-state index contributed by atoms with van der Waals surface area (Å²) in [5.41, 5.74) is 4.00. The Bertz CT molecular complexity index is 917. The van der Waals surface area contributed by atoms with Gasteiger partial charge in [0.1, 0.15) is 5.82 Å². The van der Waals surface area contributed by atoms with Crippen LogP contribution in [-0.2, 0) is 19.6 Å². The van der Waals surface area contributed by atoms with Crippen LogP contribution >= 0.6 is 12.4 Å². The first-order chi connectivity index (χ1) is 12.7. The number of nitrogens with one attached hydrogen (secondary N) is 2. The Balaban J connectivity index is 0.00000210. The fourth-order valence-corrected chi connectivity index (χ4v) is 3.06. The van der Waals surface area contributed by atoms with Gasteiger partial charge in [-0.3, -0.25) is 9.48 Å². The number of halogens is 1. The number of fused-ring (bicyclic) bond motifs is 1. The topological polar surface area (TPSA) is 84.7 Å². The molecule has 3 aromatic rings. The van der Waals surface area contributed by atoms with Crippen molar-refractivity contribution in [1.82, 2.24) is 30.4 Å². The van der Waals surface area contributed by atoms with Crippen LogP contribution in [0.15, 0.2) is 42.6 Å². The molecule has 2 N–H and O–H groups in total. The van der Waals surface area contributed by atoms with Crippen LogP contribution < -0.4 is 10.6 Å². The largest absolute Gasteiger partial charge is 0.346 e. The van der Waals surface area contributed by atoms with E-state index in [1.807, 2.05) is 48.0 Å². The Hall–Kier alpha value is -2.77. The van der Waals surface area contributed by atoms with Crippen molar-refractivity contribution in [1.29, 1.82) is 0 Å². The lowest BCUT2D eigenvalue weighted by molar-refractivity contribution is 0.0950. The lowest BCUT2D eigenvalue weighted by Crippen LogP contribution is -2.28. The molecule has 27 heavy (non-hydrogen) atoms. The smallest absolute Gasteiger partial charge is 0.255 e. The van der Waals surface area contributed by atoms with Gasteiger partial charge in [0, 0.05) is 24.8 Å². The molecule has 0 spiro atoms. The first-order valence-electron chi connectivity index (χ1n) is 8.64. The molecular formula is C19H21ClN6O. The Morgan fingerprint density at radius 1 is 1.30 bits per heavy atom. The lowest BCUT2D eigenvalue weighted by atomic mass is 10.1. The zero-order valence-electron chi connectivity index (χ0n) is 15.0. The fourth-order valence-electron chi connectivity index (χ4n) is 3.06. The number of benzene rings is 1. The summed E-state index contributed by atoms with van der Waals surface area (Å²) in [7, 11) is 0. The van der Waals surface area contributed by atoms with Crippen molar-refractivity contribution in [3.63, 3.8) is 0 Å². The molecule has 1 aromatic carbocycles. The highest BCUT2D eigenvalue weighted by Crippen LogP contribution is 2.21. The third-order valence-electron chi connectivity index (χ3n) is 4.35. The van der Waals surface area contributed by atoms with E-state index in [0.29, 0.717) is 23.6 Å². The van der Waals surface area contributed by atoms with Gasteiger partial charge in [-0.2, -0.15) is 5.10 Å². The highest BCUT2D eigenvalue weighted by atomic mass is 35.5. The summed E-state index contributed by atoms with van der Waals surface area (Å²) < 4.78 is 1.99. The maximum absolute atomic E-state index is 12.7. The Morgan fingerprint density at radius 3 is 2.89 bits per heavy atom. The van der Waals surface area contributed by atoms with Crippen LogP contribution in [0, 0.1) is 6.92 Å². The van der Waals surface area contributed by atoms with Crippen molar-refractivity contribution in [2.75, 3.05) is 6.54 Å². The number of hydrogen-bond acceptors (Lipinski definition) is 5. The predicted octanol–water partition coefficient (Wildman–Crippen LogP) is 2.10. The van der Waals surface area contributed by atoms with Crippen LogP contribution in [0.3, 0.4) is 0 Å². The molecule has 0 bridgehead atoms. The predicted molar refractivity (Wildman–Crippen MR) is 105 cm³/mol. The van der Waals surface area contributed by atoms with Gasteiger partial charge in [0.15, 0.2) is 0 Å². The van der Waals surface area contributed by atoms with Gasteiger partial charge in [-0.05, 0) is 13.0 Å². The van der Waals surface area contributed by atoms with Gasteiger partial charge in [0.05, 0.1) is 35.7 Å². The number of carbonyl (C=O) groups is 1. The minimum absolute atomic E-state index is 0. The second kappa shape index (κ2) is 8.28. The normalized spacial score (nSPS) is 12.8. The Kier molecular flexibility index (Phi) is 5.83. The number of nitrogens with zero attached hydrogens (tertiary/aromatic N) is 4. The summed E-state index contributed by atoms with van der Waals surface area (Å²) in [4.78, 5) is 21.4. The van der Waals surface area contributed by atoms with Gasteiger partial charge in [0.2, 0.25) is 0 Å². The summed E-state index contributed by atoms with van der Waals surface area (Å²) >= 11 is 0. The van der Waals surface area contributed by atoms with Crippen LogP contribution in [0.25, 0.3) is 11.3 Å². The third-order valence-corrected chi connectivity index (χ3v) is 4.35. The van der Waals surface area contributed by atoms with Crippen molar-refractivity contribution in [2.24, 2.45) is 0 Å². The molecule has 0 fully saturated rings. The van der Waals surface area contributed by atoms with Gasteiger partial charge < -0.3 is 10.6 Å². The highest BCUT2D eigenvalue weighted by molar-refractivity contribution is 5.99. The van der Waals surface area contributed by atoms with E-state index in [1.54, 1.807) is 6.20 Å². The van der Waals surface area contributed by atoms with Crippen molar-refractivity contribution < 1.29 is 4.79 Å². The summed E-state index contributed by atoms with van der Waals surface area (Å²) in [6.07, 6.45) is 1.59. The molecule has 1 aliphatic heterocycles. The summed E-state index contributed by atoms with van der Waals surface area (Å²) in [5, 5.41) is 10.8. The number of aryl methyl sites for hydroxylation is 1. The number of amides is 1. The minimum Gasteiger partial charge on any atom is -0.346 e. The molecule has 4 rings (SSSR count). The van der Waals surface area contributed by atoms with Gasteiger partial charge >= 0.3 is 0 Å². The van der Waals surface area contributed by atoms with Crippen molar-refractivity contribution >= 4 is 18.3 Å². The van der Waals surface area contributed by atoms with E-state index in [2.05, 4.69) is 25.7 Å². The standard InChI is InChI=1S/C19H20N6O.ClH/c1-13-21-12-17(18(23-13)14-5-3-2-4-6-14)19(26)22-10-15-9-16-11-20-7-8-25(16)24-15;/h2-6,9,12,20H,7-8,10-11H2,1H3,(H,22,26);1H. The first-order valence-corrected chi connectivity index (χ1v) is 8.64. The SMILES string of the molecule is Cc1ncc(C(=O)NCc2cc3n(n2)CCNC3)c(-c2ccccc2)n1.Cl. The average molecular weight is 385 g/mol. The maximum atomic E-state index is 12.7. The summed E-state index contributed by atoms with van der Waals surface area (Å²) in [6, 6.07) is 11.7. The van der Waals surface area contributed by atoms with Crippen LogP contribution in [0.4, 0.5) is 0 Å². The molecule has 2 aromatic heterocycles. The zero-order chi connectivity index (χ0) is 17.9. The molecule has 1 aliphatic rings. The molecule has 0 atom stereocenters. The van der Waals surface area contributed by atoms with E-state index in [4.69, 9.17) is 0 Å². The molecule has 0 radical (unpaired) electrons. The first kappa shape index (κ1) is 19.0. The second-order valence-corrected chi connectivity index (χ2v) is 6.26. The Morgan fingerprint density at radius 2 is 2.11 bits per heavy atom. The van der Waals surface area contributed by atoms with E-state index in [0.717, 1.165) is 36.6 Å². The molecule has 0 saturated heterocycles. The number of carbonyl (C=O) groups excluding carboxylic acids is 1. The van der Waals surface area contributed by atoms with Crippen LogP contribution in [0.2, 0.25) is 0 Å². The monoisotopic (exact) mass is 384 g/mol. The van der Waals surface area contributed by atoms with E-state index in [1.165, 1.54) is 0 Å². The minimum atomic E-state index is -0.201. The van der Waals surface area contributed by atoms with Gasteiger partial charge in [-0.15, -0.1) is 12.4 Å². The molecular weight excluding hydrogens is 364 g/mol. The molecule has 140 valence electrons. The van der Waals surface area contributed by atoms with Gasteiger partial charge in [-0.1, -0.05) is 30.3 Å². The van der Waals surface area contributed by atoms with Crippen LogP contribution in [0.1, 0.15) is 27.6 Å². The van der Waals surface area contributed by atoms with E-state index < -0.39 is 0 Å². The van der Waals surface area contributed by atoms with Crippen LogP contribution in [-0.4, -0.2) is 32.2 Å². The van der Waals surface area contributed by atoms with E-state index in [9.17, 15) is 4.79 Å². The highest BCUT2D eigenvalue weighted by Gasteiger charge is 2.17. The van der Waals surface area contributed by atoms with E-state index >= 15 is 0 Å². The maximum Gasteiger partial charge on any atom is 0.255 e. The molecule has 0 aliphatic carbocycles. The number of aromatic nitrogens is 4. The Labute approximate surface area is 163 Å². The lowest BCUT2D eigenvalue weighted by Gasteiger charge is -2.13. The molecule has 1 amide bonds.